The fourth-order valence-corrected chi connectivity index (χ4v) is 4.61. The first-order valence-corrected chi connectivity index (χ1v) is 8.02. The molecule has 118 valence electrons. The molecule has 1 aromatic rings. The summed E-state index contributed by atoms with van der Waals surface area (Å²) in [6.07, 6.45) is 5.09. The fourth-order valence-electron chi connectivity index (χ4n) is 4.61. The summed E-state index contributed by atoms with van der Waals surface area (Å²) >= 11 is 0. The summed E-state index contributed by atoms with van der Waals surface area (Å²) in [5, 5.41) is 8.99. The van der Waals surface area contributed by atoms with Crippen molar-refractivity contribution in [2.24, 2.45) is 17.3 Å². The molecule has 2 saturated carbocycles. The quantitative estimate of drug-likeness (QED) is 0.909. The monoisotopic (exact) mass is 301 g/mol. The van der Waals surface area contributed by atoms with Gasteiger partial charge in [0.05, 0.1) is 5.41 Å². The Morgan fingerprint density at radius 1 is 1.27 bits per heavy atom. The van der Waals surface area contributed by atoms with Gasteiger partial charge in [0.25, 0.3) is 0 Å². The van der Waals surface area contributed by atoms with E-state index < -0.39 is 11.4 Å². The molecule has 22 heavy (non-hydrogen) atoms. The van der Waals surface area contributed by atoms with Gasteiger partial charge < -0.3 is 10.0 Å². The van der Waals surface area contributed by atoms with Crippen LogP contribution < -0.4 is 0 Å². The molecule has 2 aliphatic carbocycles. The molecule has 1 N–H and O–H groups in total. The van der Waals surface area contributed by atoms with Crippen LogP contribution in [0.15, 0.2) is 30.3 Å². The second-order valence-corrected chi connectivity index (χ2v) is 6.95. The largest absolute Gasteiger partial charge is 0.480 e. The van der Waals surface area contributed by atoms with Gasteiger partial charge in [-0.1, -0.05) is 36.8 Å². The molecular formula is C18H23NO3. The lowest BCUT2D eigenvalue weighted by Gasteiger charge is -2.39. The van der Waals surface area contributed by atoms with E-state index in [9.17, 15) is 9.59 Å². The molecule has 2 fully saturated rings. The van der Waals surface area contributed by atoms with E-state index in [1.54, 1.807) is 7.05 Å². The summed E-state index contributed by atoms with van der Waals surface area (Å²) < 4.78 is 0. The third-order valence-corrected chi connectivity index (χ3v) is 5.48. The van der Waals surface area contributed by atoms with Crippen molar-refractivity contribution in [3.05, 3.63) is 35.9 Å². The van der Waals surface area contributed by atoms with E-state index in [2.05, 4.69) is 12.1 Å². The third-order valence-electron chi connectivity index (χ3n) is 5.48. The minimum atomic E-state index is -0.950. The normalized spacial score (nSPS) is 29.5. The summed E-state index contributed by atoms with van der Waals surface area (Å²) in [7, 11) is 1.62. The van der Waals surface area contributed by atoms with Crippen LogP contribution in [-0.2, 0) is 16.0 Å². The molecule has 0 radical (unpaired) electrons. The Morgan fingerprint density at radius 3 is 2.55 bits per heavy atom. The van der Waals surface area contributed by atoms with E-state index in [-0.39, 0.29) is 12.5 Å². The van der Waals surface area contributed by atoms with Gasteiger partial charge >= 0.3 is 5.97 Å². The van der Waals surface area contributed by atoms with E-state index in [1.165, 1.54) is 16.9 Å². The number of nitrogens with zero attached hydrogens (tertiary/aromatic N) is 1. The van der Waals surface area contributed by atoms with Gasteiger partial charge in [-0.3, -0.25) is 9.59 Å². The molecule has 3 rings (SSSR count). The molecule has 0 heterocycles. The maximum atomic E-state index is 13.1. The van der Waals surface area contributed by atoms with Gasteiger partial charge in [0.1, 0.15) is 6.54 Å². The van der Waals surface area contributed by atoms with Crippen LogP contribution in [0.1, 0.15) is 31.2 Å². The molecule has 0 saturated heterocycles. The van der Waals surface area contributed by atoms with Crippen LogP contribution in [0.2, 0.25) is 0 Å². The van der Waals surface area contributed by atoms with Crippen molar-refractivity contribution in [1.29, 1.82) is 0 Å². The predicted octanol–water partition coefficient (Wildman–Crippen LogP) is 2.58. The van der Waals surface area contributed by atoms with Gasteiger partial charge in [0.2, 0.25) is 5.91 Å². The van der Waals surface area contributed by atoms with Gasteiger partial charge in [0, 0.05) is 7.05 Å². The highest BCUT2D eigenvalue weighted by atomic mass is 16.4. The van der Waals surface area contributed by atoms with Crippen LogP contribution >= 0.6 is 0 Å². The first kappa shape index (κ1) is 15.1. The standard InChI is InChI=1S/C18H23NO3/c1-19(12-16(20)21)17(22)18(10-13-5-3-2-4-6-13)11-14-7-8-15(18)9-14/h2-6,14-15H,7-12H2,1H3,(H,20,21). The number of hydrogen-bond donors (Lipinski definition) is 1. The van der Waals surface area contributed by atoms with Crippen molar-refractivity contribution in [3.8, 4) is 0 Å². The number of carboxylic acid groups (broad SMARTS) is 1. The average molecular weight is 301 g/mol. The van der Waals surface area contributed by atoms with Crippen molar-refractivity contribution >= 4 is 11.9 Å². The van der Waals surface area contributed by atoms with E-state index in [1.807, 2.05) is 18.2 Å². The van der Waals surface area contributed by atoms with Crippen LogP contribution in [0.4, 0.5) is 0 Å². The summed E-state index contributed by atoms with van der Waals surface area (Å²) in [5.74, 6) is 0.108. The predicted molar refractivity (Wildman–Crippen MR) is 83.3 cm³/mol. The molecule has 2 aliphatic rings. The summed E-state index contributed by atoms with van der Waals surface area (Å²) in [6.45, 7) is -0.216. The number of fused-ring (bicyclic) bond motifs is 2. The molecule has 1 amide bonds. The Bertz CT molecular complexity index is 571. The maximum absolute atomic E-state index is 13.1. The van der Waals surface area contributed by atoms with Gasteiger partial charge in [-0.05, 0) is 43.1 Å². The van der Waals surface area contributed by atoms with E-state index >= 15 is 0 Å². The number of carbonyl (C=O) groups is 2. The minimum absolute atomic E-state index is 0.0194. The highest BCUT2D eigenvalue weighted by molar-refractivity contribution is 5.86. The lowest BCUT2D eigenvalue weighted by molar-refractivity contribution is -0.150. The second-order valence-electron chi connectivity index (χ2n) is 6.95. The van der Waals surface area contributed by atoms with Crippen molar-refractivity contribution in [1.82, 2.24) is 4.90 Å². The zero-order valence-electron chi connectivity index (χ0n) is 13.0. The number of carboxylic acids is 1. The second kappa shape index (κ2) is 5.75. The van der Waals surface area contributed by atoms with Crippen molar-refractivity contribution in [2.45, 2.75) is 32.1 Å². The molecule has 4 nitrogen and oxygen atoms in total. The molecule has 3 atom stereocenters. The molecule has 4 heteroatoms. The first-order valence-electron chi connectivity index (χ1n) is 8.02. The Balaban J connectivity index is 1.87. The zero-order valence-corrected chi connectivity index (χ0v) is 13.0. The molecule has 1 aromatic carbocycles. The van der Waals surface area contributed by atoms with Gasteiger partial charge in [-0.25, -0.2) is 0 Å². The molecule has 3 unspecified atom stereocenters. The molecule has 2 bridgehead atoms. The van der Waals surface area contributed by atoms with Crippen LogP contribution in [0, 0.1) is 17.3 Å². The Morgan fingerprint density at radius 2 is 2.00 bits per heavy atom. The van der Waals surface area contributed by atoms with Crippen LogP contribution in [0.25, 0.3) is 0 Å². The number of rotatable bonds is 5. The minimum Gasteiger partial charge on any atom is -0.480 e. The third kappa shape index (κ3) is 2.62. The van der Waals surface area contributed by atoms with Crippen LogP contribution in [-0.4, -0.2) is 35.5 Å². The van der Waals surface area contributed by atoms with Crippen molar-refractivity contribution < 1.29 is 14.7 Å². The first-order chi connectivity index (χ1) is 10.5. The lowest BCUT2D eigenvalue weighted by Crippen LogP contribution is -2.48. The lowest BCUT2D eigenvalue weighted by atomic mass is 9.68. The van der Waals surface area contributed by atoms with Crippen molar-refractivity contribution in [3.63, 3.8) is 0 Å². The van der Waals surface area contributed by atoms with E-state index in [0.29, 0.717) is 11.8 Å². The highest BCUT2D eigenvalue weighted by Crippen LogP contribution is 2.58. The summed E-state index contributed by atoms with van der Waals surface area (Å²) in [5.41, 5.74) is 0.779. The van der Waals surface area contributed by atoms with E-state index in [4.69, 9.17) is 5.11 Å². The van der Waals surface area contributed by atoms with Crippen LogP contribution in [0.3, 0.4) is 0 Å². The maximum Gasteiger partial charge on any atom is 0.323 e. The Hall–Kier alpha value is -1.84. The summed E-state index contributed by atoms with van der Waals surface area (Å²) in [4.78, 5) is 25.4. The number of aliphatic carboxylic acids is 1. The number of hydrogen-bond acceptors (Lipinski definition) is 2. The average Bonchev–Trinajstić information content (AvgIpc) is 3.08. The zero-order chi connectivity index (χ0) is 15.7. The van der Waals surface area contributed by atoms with Gasteiger partial charge in [0.15, 0.2) is 0 Å². The number of likely N-dealkylation sites (N-methyl/N-ethyl adjacent to an activating group) is 1. The highest BCUT2D eigenvalue weighted by Gasteiger charge is 2.56. The fraction of sp³-hybridized carbons (Fsp3) is 0.556. The molecule has 0 aromatic heterocycles. The summed E-state index contributed by atoms with van der Waals surface area (Å²) in [6, 6.07) is 10.1. The van der Waals surface area contributed by atoms with Gasteiger partial charge in [-0.2, -0.15) is 0 Å². The topological polar surface area (TPSA) is 57.6 Å². The molecular weight excluding hydrogens is 278 g/mol. The van der Waals surface area contributed by atoms with Crippen LogP contribution in [0.5, 0.6) is 0 Å². The van der Waals surface area contributed by atoms with Crippen molar-refractivity contribution in [2.75, 3.05) is 13.6 Å². The van der Waals surface area contributed by atoms with Gasteiger partial charge in [-0.15, -0.1) is 0 Å². The number of amides is 1. The molecule has 0 spiro atoms. The number of benzene rings is 1. The Labute approximate surface area is 131 Å². The van der Waals surface area contributed by atoms with E-state index in [0.717, 1.165) is 25.7 Å². The smallest absolute Gasteiger partial charge is 0.323 e. The SMILES string of the molecule is CN(CC(=O)O)C(=O)C1(Cc2ccccc2)CC2CCC1C2. The molecule has 0 aliphatic heterocycles. The number of carbonyl (C=O) groups excluding carboxylic acids is 1. The Kier molecular flexibility index (Phi) is 3.94.